The summed E-state index contributed by atoms with van der Waals surface area (Å²) in [5, 5.41) is 7.43. The zero-order valence-electron chi connectivity index (χ0n) is 11.2. The van der Waals surface area contributed by atoms with Crippen LogP contribution in [0.3, 0.4) is 0 Å². The molecule has 0 amide bonds. The first-order valence-corrected chi connectivity index (χ1v) is 6.19. The van der Waals surface area contributed by atoms with Gasteiger partial charge in [0.05, 0.1) is 19.9 Å². The van der Waals surface area contributed by atoms with Crippen molar-refractivity contribution in [3.8, 4) is 5.75 Å². The van der Waals surface area contributed by atoms with Gasteiger partial charge >= 0.3 is 0 Å². The van der Waals surface area contributed by atoms with Crippen LogP contribution in [0.1, 0.15) is 11.1 Å². The number of ether oxygens (including phenoxy) is 1. The van der Waals surface area contributed by atoms with Crippen LogP contribution in [0.2, 0.25) is 0 Å². The summed E-state index contributed by atoms with van der Waals surface area (Å²) < 4.78 is 19.2. The maximum absolute atomic E-state index is 12.4. The van der Waals surface area contributed by atoms with Gasteiger partial charge in [0.2, 0.25) is 0 Å². The van der Waals surface area contributed by atoms with Gasteiger partial charge in [-0.25, -0.2) is 9.07 Å². The van der Waals surface area contributed by atoms with Crippen LogP contribution in [-0.4, -0.2) is 23.6 Å². The second-order valence-corrected chi connectivity index (χ2v) is 4.29. The topological polar surface area (TPSA) is 39.1 Å². The minimum atomic E-state index is -0.418. The van der Waals surface area contributed by atoms with E-state index >= 15 is 0 Å². The molecule has 0 atom stereocenters. The van der Waals surface area contributed by atoms with Gasteiger partial charge in [0.25, 0.3) is 0 Å². The molecule has 1 N–H and O–H groups in total. The first kappa shape index (κ1) is 13.4. The number of hydrogen-bond acceptors (Lipinski definition) is 3. The third-order valence-electron chi connectivity index (χ3n) is 2.94. The third-order valence-corrected chi connectivity index (χ3v) is 2.94. The monoisotopic (exact) mass is 263 g/mol. The molecular formula is C14H18FN3O. The van der Waals surface area contributed by atoms with E-state index in [1.54, 1.807) is 18.0 Å². The number of halogens is 1. The molecule has 2 rings (SSSR count). The number of nitrogens with one attached hydrogen (secondary N) is 1. The number of nitrogens with zero attached hydrogens (tertiary/aromatic N) is 2. The number of methoxy groups -OCH3 is 1. The van der Waals surface area contributed by atoms with E-state index < -0.39 is 6.67 Å². The summed E-state index contributed by atoms with van der Waals surface area (Å²) in [6.45, 7) is 2.48. The normalized spacial score (nSPS) is 10.5. The fourth-order valence-electron chi connectivity index (χ4n) is 1.89. The van der Waals surface area contributed by atoms with Crippen LogP contribution in [0.15, 0.2) is 30.5 Å². The van der Waals surface area contributed by atoms with Gasteiger partial charge in [0, 0.05) is 12.1 Å². The van der Waals surface area contributed by atoms with Gasteiger partial charge in [0.1, 0.15) is 18.2 Å². The Labute approximate surface area is 112 Å². The van der Waals surface area contributed by atoms with Gasteiger partial charge in [-0.15, -0.1) is 0 Å². The summed E-state index contributed by atoms with van der Waals surface area (Å²) in [5.74, 6) is 1.70. The predicted octanol–water partition coefficient (Wildman–Crippen LogP) is 2.78. The van der Waals surface area contributed by atoms with E-state index in [2.05, 4.69) is 10.4 Å². The largest absolute Gasteiger partial charge is 0.497 e. The molecule has 0 spiro atoms. The lowest BCUT2D eigenvalue weighted by molar-refractivity contribution is 0.414. The van der Waals surface area contributed by atoms with E-state index in [0.717, 1.165) is 22.7 Å². The fourth-order valence-corrected chi connectivity index (χ4v) is 1.89. The Bertz CT molecular complexity index is 522. The zero-order valence-corrected chi connectivity index (χ0v) is 11.2. The van der Waals surface area contributed by atoms with Crippen LogP contribution < -0.4 is 10.1 Å². The molecule has 0 radical (unpaired) electrons. The van der Waals surface area contributed by atoms with Crippen molar-refractivity contribution in [3.63, 3.8) is 0 Å². The Balaban J connectivity index is 2.03. The summed E-state index contributed by atoms with van der Waals surface area (Å²) in [4.78, 5) is 0. The molecule has 0 fully saturated rings. The molecule has 4 nitrogen and oxygen atoms in total. The number of rotatable bonds is 6. The van der Waals surface area contributed by atoms with Gasteiger partial charge in [-0.3, -0.25) is 0 Å². The highest BCUT2D eigenvalue weighted by Gasteiger charge is 2.06. The van der Waals surface area contributed by atoms with Gasteiger partial charge in [0.15, 0.2) is 0 Å². The van der Waals surface area contributed by atoms with E-state index in [4.69, 9.17) is 4.74 Å². The molecule has 0 saturated carbocycles. The van der Waals surface area contributed by atoms with Crippen molar-refractivity contribution in [3.05, 3.63) is 41.6 Å². The van der Waals surface area contributed by atoms with Crippen molar-refractivity contribution in [2.45, 2.75) is 20.0 Å². The van der Waals surface area contributed by atoms with Gasteiger partial charge < -0.3 is 10.1 Å². The highest BCUT2D eigenvalue weighted by molar-refractivity contribution is 5.44. The lowest BCUT2D eigenvalue weighted by atomic mass is 10.2. The lowest BCUT2D eigenvalue weighted by Gasteiger charge is -2.10. The number of benzene rings is 1. The predicted molar refractivity (Wildman–Crippen MR) is 73.3 cm³/mol. The summed E-state index contributed by atoms with van der Waals surface area (Å²) >= 11 is 0. The van der Waals surface area contributed by atoms with Crippen LogP contribution in [-0.2, 0) is 13.1 Å². The smallest absolute Gasteiger partial charge is 0.127 e. The summed E-state index contributed by atoms with van der Waals surface area (Å²) in [6, 6.07) is 7.83. The van der Waals surface area contributed by atoms with E-state index in [1.807, 2.05) is 31.2 Å². The highest BCUT2D eigenvalue weighted by Crippen LogP contribution is 2.16. The van der Waals surface area contributed by atoms with Gasteiger partial charge in [-0.2, -0.15) is 5.10 Å². The highest BCUT2D eigenvalue weighted by atomic mass is 19.1. The van der Waals surface area contributed by atoms with Crippen LogP contribution in [0.5, 0.6) is 5.75 Å². The van der Waals surface area contributed by atoms with E-state index in [0.29, 0.717) is 6.54 Å². The lowest BCUT2D eigenvalue weighted by Crippen LogP contribution is -2.09. The average molecular weight is 263 g/mol. The Morgan fingerprint density at radius 1 is 1.32 bits per heavy atom. The van der Waals surface area contributed by atoms with Crippen molar-refractivity contribution >= 4 is 5.82 Å². The quantitative estimate of drug-likeness (QED) is 0.871. The molecule has 0 aliphatic carbocycles. The molecule has 2 aromatic rings. The Morgan fingerprint density at radius 2 is 2.05 bits per heavy atom. The molecule has 102 valence electrons. The summed E-state index contributed by atoms with van der Waals surface area (Å²) in [6.07, 6.45) is 1.74. The molecule has 19 heavy (non-hydrogen) atoms. The Hall–Kier alpha value is -2.04. The van der Waals surface area contributed by atoms with Crippen molar-refractivity contribution < 1.29 is 9.13 Å². The van der Waals surface area contributed by atoms with Crippen LogP contribution in [0.4, 0.5) is 10.2 Å². The Morgan fingerprint density at radius 3 is 2.68 bits per heavy atom. The average Bonchev–Trinajstić information content (AvgIpc) is 2.78. The third kappa shape index (κ3) is 3.24. The summed E-state index contributed by atoms with van der Waals surface area (Å²) in [5.41, 5.74) is 2.15. The molecule has 0 unspecified atom stereocenters. The molecule has 1 aromatic heterocycles. The molecule has 0 aliphatic heterocycles. The van der Waals surface area contributed by atoms with Gasteiger partial charge in [-0.1, -0.05) is 12.1 Å². The van der Waals surface area contributed by atoms with Crippen molar-refractivity contribution in [1.82, 2.24) is 9.78 Å². The number of aromatic nitrogens is 2. The molecule has 1 heterocycles. The first-order valence-electron chi connectivity index (χ1n) is 6.19. The van der Waals surface area contributed by atoms with Crippen LogP contribution >= 0.6 is 0 Å². The second-order valence-electron chi connectivity index (χ2n) is 4.29. The summed E-state index contributed by atoms with van der Waals surface area (Å²) in [7, 11) is 1.64. The molecule has 0 aliphatic rings. The number of alkyl halides is 1. The Kier molecular flexibility index (Phi) is 4.39. The number of aryl methyl sites for hydroxylation is 2. The molecule has 0 bridgehead atoms. The minimum Gasteiger partial charge on any atom is -0.497 e. The zero-order chi connectivity index (χ0) is 13.7. The van der Waals surface area contributed by atoms with Crippen molar-refractivity contribution in [2.24, 2.45) is 0 Å². The maximum atomic E-state index is 12.4. The van der Waals surface area contributed by atoms with Crippen LogP contribution in [0.25, 0.3) is 0 Å². The van der Waals surface area contributed by atoms with E-state index in [-0.39, 0.29) is 6.54 Å². The molecule has 5 heteroatoms. The molecule has 0 saturated heterocycles. The maximum Gasteiger partial charge on any atom is 0.127 e. The van der Waals surface area contributed by atoms with Crippen molar-refractivity contribution in [1.29, 1.82) is 0 Å². The number of anilines is 1. The van der Waals surface area contributed by atoms with Crippen molar-refractivity contribution in [2.75, 3.05) is 19.1 Å². The van der Waals surface area contributed by atoms with E-state index in [9.17, 15) is 4.39 Å². The fraction of sp³-hybridized carbons (Fsp3) is 0.357. The second kappa shape index (κ2) is 6.22. The van der Waals surface area contributed by atoms with E-state index in [1.165, 1.54) is 0 Å². The molecular weight excluding hydrogens is 245 g/mol. The van der Waals surface area contributed by atoms with Gasteiger partial charge in [-0.05, 0) is 24.6 Å². The SMILES string of the molecule is COc1ccc(CNc2c(C)cnn2CCF)cc1. The minimum absolute atomic E-state index is 0.277. The first-order chi connectivity index (χ1) is 9.24. The molecule has 1 aromatic carbocycles. The number of hydrogen-bond donors (Lipinski definition) is 1. The standard InChI is InChI=1S/C14H18FN3O/c1-11-9-17-18(8-7-15)14(11)16-10-12-3-5-13(19-2)6-4-12/h3-6,9,16H,7-8,10H2,1-2H3. The van der Waals surface area contributed by atoms with Crippen LogP contribution in [0, 0.1) is 6.92 Å².